The van der Waals surface area contributed by atoms with Gasteiger partial charge in [-0.2, -0.15) is 0 Å². The maximum absolute atomic E-state index is 12.1. The van der Waals surface area contributed by atoms with E-state index in [2.05, 4.69) is 0 Å². The van der Waals surface area contributed by atoms with Crippen molar-refractivity contribution in [2.75, 3.05) is 19.8 Å². The molecule has 0 unspecified atom stereocenters. The predicted octanol–water partition coefficient (Wildman–Crippen LogP) is 2.17. The molecule has 2 rings (SSSR count). The van der Waals surface area contributed by atoms with Crippen LogP contribution < -0.4 is 9.47 Å². The van der Waals surface area contributed by atoms with Crippen molar-refractivity contribution in [3.63, 3.8) is 0 Å². The Hall–Kier alpha value is -1.75. The van der Waals surface area contributed by atoms with E-state index >= 15 is 0 Å². The van der Waals surface area contributed by atoms with Crippen LogP contribution in [0.4, 0.5) is 0 Å². The maximum Gasteiger partial charge on any atom is 0.379 e. The number of esters is 1. The molecule has 1 heterocycles. The molecule has 0 N–H and O–H groups in total. The first-order valence-corrected chi connectivity index (χ1v) is 6.24. The molecule has 0 radical (unpaired) electrons. The molecule has 0 saturated heterocycles. The summed E-state index contributed by atoms with van der Waals surface area (Å²) in [6.07, 6.45) is 0. The summed E-state index contributed by atoms with van der Waals surface area (Å²) in [4.78, 5) is 23.7. The molecule has 0 saturated carbocycles. The van der Waals surface area contributed by atoms with Crippen molar-refractivity contribution in [3.8, 4) is 11.5 Å². The highest BCUT2D eigenvalue weighted by molar-refractivity contribution is 6.43. The van der Waals surface area contributed by atoms with Gasteiger partial charge in [0.2, 0.25) is 0 Å². The topological polar surface area (TPSA) is 61.8 Å². The SMILES string of the molecule is CCOC(=O)C(=O)c1c(C)c(Cl)cc2c1OCCO2. The maximum atomic E-state index is 12.1. The van der Waals surface area contributed by atoms with Gasteiger partial charge in [-0.3, -0.25) is 4.79 Å². The molecule has 1 aliphatic rings. The number of hydrogen-bond acceptors (Lipinski definition) is 5. The van der Waals surface area contributed by atoms with Gasteiger partial charge in [-0.25, -0.2) is 4.79 Å². The zero-order chi connectivity index (χ0) is 14.0. The van der Waals surface area contributed by atoms with Gasteiger partial charge in [-0.05, 0) is 19.4 Å². The second-order valence-corrected chi connectivity index (χ2v) is 4.34. The number of ether oxygens (including phenoxy) is 3. The number of carbonyl (C=O) groups excluding carboxylic acids is 2. The van der Waals surface area contributed by atoms with E-state index in [1.807, 2.05) is 0 Å². The first-order chi connectivity index (χ1) is 9.06. The molecule has 5 nitrogen and oxygen atoms in total. The molecule has 0 amide bonds. The van der Waals surface area contributed by atoms with Crippen molar-refractivity contribution in [1.82, 2.24) is 0 Å². The van der Waals surface area contributed by atoms with Crippen molar-refractivity contribution in [1.29, 1.82) is 0 Å². The van der Waals surface area contributed by atoms with E-state index in [9.17, 15) is 9.59 Å². The zero-order valence-corrected chi connectivity index (χ0v) is 11.4. The zero-order valence-electron chi connectivity index (χ0n) is 10.6. The molecule has 0 aliphatic carbocycles. The van der Waals surface area contributed by atoms with E-state index in [0.29, 0.717) is 29.5 Å². The van der Waals surface area contributed by atoms with Gasteiger partial charge in [0, 0.05) is 11.1 Å². The van der Waals surface area contributed by atoms with E-state index in [0.717, 1.165) is 0 Å². The smallest absolute Gasteiger partial charge is 0.379 e. The number of halogens is 1. The van der Waals surface area contributed by atoms with Gasteiger partial charge in [0.15, 0.2) is 11.5 Å². The summed E-state index contributed by atoms with van der Waals surface area (Å²) in [6, 6.07) is 1.58. The molecule has 19 heavy (non-hydrogen) atoms. The van der Waals surface area contributed by atoms with Crippen LogP contribution in [-0.4, -0.2) is 31.6 Å². The van der Waals surface area contributed by atoms with E-state index in [1.165, 1.54) is 0 Å². The van der Waals surface area contributed by atoms with Crippen LogP contribution in [0, 0.1) is 6.92 Å². The van der Waals surface area contributed by atoms with Crippen LogP contribution in [0.15, 0.2) is 6.07 Å². The van der Waals surface area contributed by atoms with E-state index in [1.54, 1.807) is 19.9 Å². The highest BCUT2D eigenvalue weighted by atomic mass is 35.5. The van der Waals surface area contributed by atoms with Crippen LogP contribution in [0.1, 0.15) is 22.8 Å². The second-order valence-electron chi connectivity index (χ2n) is 3.93. The van der Waals surface area contributed by atoms with Crippen molar-refractivity contribution < 1.29 is 23.8 Å². The predicted molar refractivity (Wildman–Crippen MR) is 68.1 cm³/mol. The molecule has 0 atom stereocenters. The minimum absolute atomic E-state index is 0.112. The van der Waals surface area contributed by atoms with Crippen LogP contribution in [-0.2, 0) is 9.53 Å². The van der Waals surface area contributed by atoms with E-state index in [-0.39, 0.29) is 17.9 Å². The van der Waals surface area contributed by atoms with Gasteiger partial charge in [0.1, 0.15) is 13.2 Å². The largest absolute Gasteiger partial charge is 0.486 e. The molecule has 1 aromatic rings. The molecule has 6 heteroatoms. The van der Waals surface area contributed by atoms with Crippen molar-refractivity contribution in [2.24, 2.45) is 0 Å². The Bertz CT molecular complexity index is 538. The third kappa shape index (κ3) is 2.51. The third-order valence-electron chi connectivity index (χ3n) is 2.72. The lowest BCUT2D eigenvalue weighted by Gasteiger charge is -2.22. The summed E-state index contributed by atoms with van der Waals surface area (Å²) in [7, 11) is 0. The number of ketones is 1. The van der Waals surface area contributed by atoms with Crippen LogP contribution in [0.5, 0.6) is 11.5 Å². The van der Waals surface area contributed by atoms with Gasteiger partial charge in [-0.15, -0.1) is 0 Å². The number of Topliss-reactive ketones (excluding diaryl/α,β-unsaturated/α-hetero) is 1. The van der Waals surface area contributed by atoms with Gasteiger partial charge < -0.3 is 14.2 Å². The molecular weight excluding hydrogens is 272 g/mol. The van der Waals surface area contributed by atoms with Gasteiger partial charge in [0.05, 0.1) is 12.2 Å². The summed E-state index contributed by atoms with van der Waals surface area (Å²) in [5.41, 5.74) is 0.588. The molecule has 1 aromatic carbocycles. The first-order valence-electron chi connectivity index (χ1n) is 5.86. The normalized spacial score (nSPS) is 13.0. The molecule has 0 aromatic heterocycles. The Balaban J connectivity index is 2.52. The van der Waals surface area contributed by atoms with Crippen molar-refractivity contribution >= 4 is 23.4 Å². The summed E-state index contributed by atoms with van der Waals surface area (Å²) in [6.45, 7) is 4.10. The highest BCUT2D eigenvalue weighted by Gasteiger charge is 2.29. The fourth-order valence-corrected chi connectivity index (χ4v) is 2.01. The van der Waals surface area contributed by atoms with Crippen molar-refractivity contribution in [3.05, 3.63) is 22.2 Å². The molecular formula is C13H13ClO5. The third-order valence-corrected chi connectivity index (χ3v) is 3.11. The Kier molecular flexibility index (Phi) is 3.95. The Morgan fingerprint density at radius 3 is 2.74 bits per heavy atom. The standard InChI is InChI=1S/C13H13ClO5/c1-3-17-13(16)11(15)10-7(2)8(14)6-9-12(10)19-5-4-18-9/h6H,3-5H2,1-2H3. The molecule has 0 spiro atoms. The minimum atomic E-state index is -0.927. The lowest BCUT2D eigenvalue weighted by molar-refractivity contribution is -0.137. The second kappa shape index (κ2) is 5.48. The van der Waals surface area contributed by atoms with E-state index in [4.69, 9.17) is 25.8 Å². The van der Waals surface area contributed by atoms with Crippen LogP contribution in [0.2, 0.25) is 5.02 Å². The number of benzene rings is 1. The quantitative estimate of drug-likeness (QED) is 0.483. The fraction of sp³-hybridized carbons (Fsp3) is 0.385. The molecule has 0 fully saturated rings. The monoisotopic (exact) mass is 284 g/mol. The Labute approximate surface area is 115 Å². The summed E-state index contributed by atoms with van der Waals surface area (Å²) < 4.78 is 15.5. The number of fused-ring (bicyclic) bond motifs is 1. The summed E-state index contributed by atoms with van der Waals surface area (Å²) in [5.74, 6) is -1.08. The lowest BCUT2D eigenvalue weighted by Crippen LogP contribution is -2.23. The Morgan fingerprint density at radius 1 is 1.37 bits per heavy atom. The summed E-state index contributed by atoms with van der Waals surface area (Å²) >= 11 is 6.04. The molecule has 0 bridgehead atoms. The number of rotatable bonds is 3. The first kappa shape index (κ1) is 13.7. The number of hydrogen-bond donors (Lipinski definition) is 0. The number of carbonyl (C=O) groups is 2. The average molecular weight is 285 g/mol. The Morgan fingerprint density at radius 2 is 2.05 bits per heavy atom. The highest BCUT2D eigenvalue weighted by Crippen LogP contribution is 2.40. The summed E-state index contributed by atoms with van der Waals surface area (Å²) in [5, 5.41) is 0.344. The van der Waals surface area contributed by atoms with Crippen LogP contribution >= 0.6 is 11.6 Å². The van der Waals surface area contributed by atoms with Crippen LogP contribution in [0.3, 0.4) is 0 Å². The van der Waals surface area contributed by atoms with Gasteiger partial charge in [0.25, 0.3) is 5.78 Å². The van der Waals surface area contributed by atoms with Crippen molar-refractivity contribution in [2.45, 2.75) is 13.8 Å². The van der Waals surface area contributed by atoms with Crippen LogP contribution in [0.25, 0.3) is 0 Å². The molecule has 102 valence electrons. The minimum Gasteiger partial charge on any atom is -0.486 e. The average Bonchev–Trinajstić information content (AvgIpc) is 2.40. The van der Waals surface area contributed by atoms with Gasteiger partial charge in [-0.1, -0.05) is 11.6 Å². The van der Waals surface area contributed by atoms with E-state index < -0.39 is 11.8 Å². The molecule has 1 aliphatic heterocycles. The lowest BCUT2D eigenvalue weighted by atomic mass is 10.0. The fourth-order valence-electron chi connectivity index (χ4n) is 1.82. The van der Waals surface area contributed by atoms with Gasteiger partial charge >= 0.3 is 5.97 Å².